The van der Waals surface area contributed by atoms with Crippen LogP contribution in [0.15, 0.2) is 18.2 Å². The molecule has 0 aliphatic heterocycles. The van der Waals surface area contributed by atoms with Crippen LogP contribution in [0.5, 0.6) is 0 Å². The Kier molecular flexibility index (Phi) is 2.82. The fraction of sp³-hybridized carbons (Fsp3) is 0.222. The lowest BCUT2D eigenvalue weighted by molar-refractivity contribution is 0.112. The van der Waals surface area contributed by atoms with Crippen LogP contribution in [0.1, 0.15) is 15.9 Å². The molecule has 12 heavy (non-hydrogen) atoms. The molecule has 64 valence electrons. The standard InChI is InChI=1S/C9H11NO2/c1-12-6-8-2-7(5-11)3-9(10)4-8/h2-5H,6,10H2,1H3. The van der Waals surface area contributed by atoms with Gasteiger partial charge in [-0.15, -0.1) is 0 Å². The van der Waals surface area contributed by atoms with Crippen LogP contribution in [0.2, 0.25) is 0 Å². The molecule has 0 bridgehead atoms. The molecule has 0 spiro atoms. The molecule has 2 N–H and O–H groups in total. The molecule has 1 rings (SSSR count). The van der Waals surface area contributed by atoms with Crippen LogP contribution < -0.4 is 5.73 Å². The third-order valence-electron chi connectivity index (χ3n) is 1.48. The highest BCUT2D eigenvalue weighted by Gasteiger charge is 1.97. The summed E-state index contributed by atoms with van der Waals surface area (Å²) in [4.78, 5) is 10.4. The number of hydrogen-bond acceptors (Lipinski definition) is 3. The highest BCUT2D eigenvalue weighted by molar-refractivity contribution is 5.77. The molecule has 1 aromatic carbocycles. The Morgan fingerprint density at radius 2 is 2.25 bits per heavy atom. The number of aldehydes is 1. The molecule has 0 unspecified atom stereocenters. The van der Waals surface area contributed by atoms with E-state index in [0.29, 0.717) is 17.9 Å². The maximum atomic E-state index is 10.4. The van der Waals surface area contributed by atoms with Crippen molar-refractivity contribution >= 4 is 12.0 Å². The average Bonchev–Trinajstić information content (AvgIpc) is 2.04. The number of nitrogen functional groups attached to an aromatic ring is 1. The van der Waals surface area contributed by atoms with Crippen molar-refractivity contribution in [2.75, 3.05) is 12.8 Å². The van der Waals surface area contributed by atoms with Gasteiger partial charge in [-0.25, -0.2) is 0 Å². The molecular weight excluding hydrogens is 154 g/mol. The molecule has 0 saturated carbocycles. The van der Waals surface area contributed by atoms with Gasteiger partial charge in [0.05, 0.1) is 6.61 Å². The van der Waals surface area contributed by atoms with Gasteiger partial charge in [-0.1, -0.05) is 0 Å². The van der Waals surface area contributed by atoms with E-state index in [1.54, 1.807) is 25.3 Å². The van der Waals surface area contributed by atoms with Gasteiger partial charge in [-0.2, -0.15) is 0 Å². The zero-order valence-corrected chi connectivity index (χ0v) is 6.91. The number of methoxy groups -OCH3 is 1. The molecule has 0 saturated heterocycles. The Hall–Kier alpha value is -1.35. The largest absolute Gasteiger partial charge is 0.399 e. The highest BCUT2D eigenvalue weighted by Crippen LogP contribution is 2.11. The summed E-state index contributed by atoms with van der Waals surface area (Å²) >= 11 is 0. The molecule has 0 aromatic heterocycles. The van der Waals surface area contributed by atoms with Crippen LogP contribution in [-0.4, -0.2) is 13.4 Å². The number of anilines is 1. The van der Waals surface area contributed by atoms with Crippen LogP contribution >= 0.6 is 0 Å². The van der Waals surface area contributed by atoms with Crippen LogP contribution in [0, 0.1) is 0 Å². The third-order valence-corrected chi connectivity index (χ3v) is 1.48. The maximum Gasteiger partial charge on any atom is 0.150 e. The number of rotatable bonds is 3. The first-order valence-electron chi connectivity index (χ1n) is 3.60. The first-order valence-corrected chi connectivity index (χ1v) is 3.60. The van der Waals surface area contributed by atoms with Crippen molar-refractivity contribution in [2.45, 2.75) is 6.61 Å². The predicted octanol–water partition coefficient (Wildman–Crippen LogP) is 1.23. The molecule has 0 fully saturated rings. The number of nitrogens with two attached hydrogens (primary N) is 1. The summed E-state index contributed by atoms with van der Waals surface area (Å²) < 4.78 is 4.91. The van der Waals surface area contributed by atoms with Crippen molar-refractivity contribution in [3.8, 4) is 0 Å². The fourth-order valence-electron chi connectivity index (χ4n) is 1.06. The average molecular weight is 165 g/mol. The number of benzene rings is 1. The normalized spacial score (nSPS) is 9.75. The molecule has 0 aliphatic rings. The number of carbonyl (C=O) groups is 1. The zero-order valence-electron chi connectivity index (χ0n) is 6.91. The van der Waals surface area contributed by atoms with Gasteiger partial charge in [0.25, 0.3) is 0 Å². The Morgan fingerprint density at radius 1 is 1.50 bits per heavy atom. The molecule has 3 nitrogen and oxygen atoms in total. The zero-order chi connectivity index (χ0) is 8.97. The smallest absolute Gasteiger partial charge is 0.150 e. The summed E-state index contributed by atoms with van der Waals surface area (Å²) in [5.74, 6) is 0. The Bertz CT molecular complexity index is 284. The lowest BCUT2D eigenvalue weighted by atomic mass is 10.1. The molecular formula is C9H11NO2. The number of ether oxygens (including phenoxy) is 1. The van der Waals surface area contributed by atoms with Crippen LogP contribution in [0.3, 0.4) is 0 Å². The van der Waals surface area contributed by atoms with E-state index in [1.807, 2.05) is 0 Å². The first kappa shape index (κ1) is 8.74. The van der Waals surface area contributed by atoms with Crippen LogP contribution in [0.4, 0.5) is 5.69 Å². The van der Waals surface area contributed by atoms with E-state index in [9.17, 15) is 4.79 Å². The van der Waals surface area contributed by atoms with Crippen molar-refractivity contribution in [1.82, 2.24) is 0 Å². The van der Waals surface area contributed by atoms with Crippen molar-refractivity contribution in [1.29, 1.82) is 0 Å². The molecule has 0 atom stereocenters. The van der Waals surface area contributed by atoms with E-state index >= 15 is 0 Å². The van der Waals surface area contributed by atoms with E-state index in [0.717, 1.165) is 11.8 Å². The Balaban J connectivity index is 2.97. The van der Waals surface area contributed by atoms with Gasteiger partial charge < -0.3 is 10.5 Å². The second-order valence-electron chi connectivity index (χ2n) is 2.56. The lowest BCUT2D eigenvalue weighted by Gasteiger charge is -2.01. The fourth-order valence-corrected chi connectivity index (χ4v) is 1.06. The monoisotopic (exact) mass is 165 g/mol. The van der Waals surface area contributed by atoms with Crippen molar-refractivity contribution in [3.63, 3.8) is 0 Å². The van der Waals surface area contributed by atoms with E-state index in [-0.39, 0.29) is 0 Å². The summed E-state index contributed by atoms with van der Waals surface area (Å²) in [5, 5.41) is 0. The van der Waals surface area contributed by atoms with Gasteiger partial charge >= 0.3 is 0 Å². The van der Waals surface area contributed by atoms with E-state index in [4.69, 9.17) is 10.5 Å². The second kappa shape index (κ2) is 3.88. The van der Waals surface area contributed by atoms with E-state index in [2.05, 4.69) is 0 Å². The van der Waals surface area contributed by atoms with Gasteiger partial charge in [0.15, 0.2) is 0 Å². The molecule has 1 aromatic rings. The minimum atomic E-state index is 0.478. The SMILES string of the molecule is COCc1cc(N)cc(C=O)c1. The van der Waals surface area contributed by atoms with Gasteiger partial charge in [-0.3, -0.25) is 4.79 Å². The minimum absolute atomic E-state index is 0.478. The highest BCUT2D eigenvalue weighted by atomic mass is 16.5. The van der Waals surface area contributed by atoms with E-state index in [1.165, 1.54) is 0 Å². The Labute approximate surface area is 71.1 Å². The molecule has 3 heteroatoms. The summed E-state index contributed by atoms with van der Waals surface area (Å²) in [5.41, 5.74) is 7.64. The summed E-state index contributed by atoms with van der Waals surface area (Å²) in [6.45, 7) is 0.478. The molecule has 0 heterocycles. The first-order chi connectivity index (χ1) is 5.76. The van der Waals surface area contributed by atoms with Crippen molar-refractivity contribution in [3.05, 3.63) is 29.3 Å². The number of carbonyl (C=O) groups excluding carboxylic acids is 1. The minimum Gasteiger partial charge on any atom is -0.399 e. The van der Waals surface area contributed by atoms with Gasteiger partial charge in [0, 0.05) is 18.4 Å². The summed E-state index contributed by atoms with van der Waals surface area (Å²) in [6, 6.07) is 5.18. The number of hydrogen-bond donors (Lipinski definition) is 1. The van der Waals surface area contributed by atoms with Gasteiger partial charge in [0.1, 0.15) is 6.29 Å². The van der Waals surface area contributed by atoms with Gasteiger partial charge in [0.2, 0.25) is 0 Å². The van der Waals surface area contributed by atoms with Crippen LogP contribution in [-0.2, 0) is 11.3 Å². The molecule has 0 amide bonds. The topological polar surface area (TPSA) is 52.3 Å². The van der Waals surface area contributed by atoms with Crippen molar-refractivity contribution < 1.29 is 9.53 Å². The molecule has 0 aliphatic carbocycles. The van der Waals surface area contributed by atoms with Crippen molar-refractivity contribution in [2.24, 2.45) is 0 Å². The second-order valence-corrected chi connectivity index (χ2v) is 2.56. The lowest BCUT2D eigenvalue weighted by Crippen LogP contribution is -1.94. The summed E-state index contributed by atoms with van der Waals surface area (Å²) in [6.07, 6.45) is 0.773. The Morgan fingerprint density at radius 3 is 2.83 bits per heavy atom. The quantitative estimate of drug-likeness (QED) is 0.541. The maximum absolute atomic E-state index is 10.4. The van der Waals surface area contributed by atoms with E-state index < -0.39 is 0 Å². The van der Waals surface area contributed by atoms with Crippen LogP contribution in [0.25, 0.3) is 0 Å². The summed E-state index contributed by atoms with van der Waals surface area (Å²) in [7, 11) is 1.60. The molecule has 0 radical (unpaired) electrons. The van der Waals surface area contributed by atoms with Gasteiger partial charge in [-0.05, 0) is 23.8 Å². The third kappa shape index (κ3) is 2.07. The predicted molar refractivity (Wildman–Crippen MR) is 47.0 cm³/mol.